The van der Waals surface area contributed by atoms with Crippen LogP contribution in [-0.4, -0.2) is 19.2 Å². The van der Waals surface area contributed by atoms with Crippen molar-refractivity contribution in [3.05, 3.63) is 53.6 Å². The van der Waals surface area contributed by atoms with E-state index in [1.165, 1.54) is 56.9 Å². The summed E-state index contributed by atoms with van der Waals surface area (Å²) in [6, 6.07) is 13.6. The van der Waals surface area contributed by atoms with Crippen LogP contribution < -0.4 is 16.2 Å². The molecule has 0 spiro atoms. The topological polar surface area (TPSA) is 89.2 Å². The first-order valence-electron chi connectivity index (χ1n) is 12.2. The number of carbonyl (C=O) groups is 1. The summed E-state index contributed by atoms with van der Waals surface area (Å²) in [5, 5.41) is 0. The molecule has 1 saturated carbocycles. The quantitative estimate of drug-likeness (QED) is 0.270. The van der Waals surface area contributed by atoms with Gasteiger partial charge < -0.3 is 20.9 Å². The average molecular weight is 440 g/mol. The van der Waals surface area contributed by atoms with Crippen LogP contribution in [-0.2, 0) is 4.74 Å². The van der Waals surface area contributed by atoms with Gasteiger partial charge in [-0.25, -0.2) is 4.79 Å². The summed E-state index contributed by atoms with van der Waals surface area (Å²) >= 11 is 0. The van der Waals surface area contributed by atoms with Crippen LogP contribution in [0.5, 0.6) is 5.75 Å². The number of hydrogen-bond donors (Lipinski definition) is 2. The molecule has 5 heteroatoms. The van der Waals surface area contributed by atoms with Crippen molar-refractivity contribution in [3.8, 4) is 5.75 Å². The molecule has 0 aromatic heterocycles. The number of nitrogen functional groups attached to an aromatic ring is 1. The van der Waals surface area contributed by atoms with Crippen molar-refractivity contribution < 1.29 is 20.0 Å². The molecule has 0 heterocycles. The van der Waals surface area contributed by atoms with Crippen LogP contribution in [0.2, 0.25) is 0 Å². The van der Waals surface area contributed by atoms with E-state index in [1.807, 2.05) is 0 Å². The fourth-order valence-electron chi connectivity index (χ4n) is 4.64. The lowest BCUT2D eigenvalue weighted by Crippen LogP contribution is -2.40. The summed E-state index contributed by atoms with van der Waals surface area (Å²) in [5.41, 5.74) is 12.6. The Morgan fingerprint density at radius 2 is 1.75 bits per heavy atom. The first-order valence-corrected chi connectivity index (χ1v) is 12.2. The Kier molecular flexibility index (Phi) is 9.42. The average Bonchev–Trinajstić information content (AvgIpc) is 2.79. The highest BCUT2D eigenvalue weighted by Crippen LogP contribution is 2.38. The third-order valence-electron chi connectivity index (χ3n) is 6.46. The third-order valence-corrected chi connectivity index (χ3v) is 6.46. The highest BCUT2D eigenvalue weighted by molar-refractivity contribution is 5.91. The maximum Gasteiger partial charge on any atom is 0.338 e. The molecule has 1 fully saturated rings. The fraction of sp³-hybridized carbons (Fsp3) is 0.519. The van der Waals surface area contributed by atoms with E-state index in [4.69, 9.17) is 15.2 Å². The number of unbranched alkanes of at least 4 members (excludes halogenated alkanes) is 2. The zero-order chi connectivity index (χ0) is 22.8. The Balaban J connectivity index is 1.33. The summed E-state index contributed by atoms with van der Waals surface area (Å²) in [6.45, 7) is 3.09. The van der Waals surface area contributed by atoms with Gasteiger partial charge in [-0.1, -0.05) is 44.7 Å². The van der Waals surface area contributed by atoms with E-state index in [-0.39, 0.29) is 5.97 Å². The minimum Gasteiger partial charge on any atom is -0.493 e. The van der Waals surface area contributed by atoms with E-state index < -0.39 is 0 Å². The van der Waals surface area contributed by atoms with Crippen molar-refractivity contribution >= 4 is 17.3 Å². The van der Waals surface area contributed by atoms with Gasteiger partial charge in [0, 0.05) is 24.2 Å². The number of carbonyl (C=O) groups excluding carboxylic acids is 1. The third kappa shape index (κ3) is 7.56. The summed E-state index contributed by atoms with van der Waals surface area (Å²) in [5.74, 6) is 2.11. The summed E-state index contributed by atoms with van der Waals surface area (Å²) in [7, 11) is 0. The van der Waals surface area contributed by atoms with Crippen molar-refractivity contribution in [1.29, 1.82) is 0 Å². The maximum atomic E-state index is 12.1. The molecular formula is C27H39N2O3+. The predicted octanol–water partition coefficient (Wildman–Crippen LogP) is 5.62. The Morgan fingerprint density at radius 3 is 2.44 bits per heavy atom. The van der Waals surface area contributed by atoms with Gasteiger partial charge in [-0.3, -0.25) is 0 Å². The number of quaternary nitrogens is 1. The van der Waals surface area contributed by atoms with Crippen LogP contribution in [0, 0.1) is 5.92 Å². The second-order valence-corrected chi connectivity index (χ2v) is 9.08. The number of benzene rings is 2. The zero-order valence-corrected chi connectivity index (χ0v) is 19.5. The maximum absolute atomic E-state index is 12.1. The molecule has 1 aliphatic carbocycles. The molecule has 174 valence electrons. The van der Waals surface area contributed by atoms with Crippen molar-refractivity contribution in [2.75, 3.05) is 18.9 Å². The molecule has 0 amide bonds. The van der Waals surface area contributed by atoms with E-state index in [9.17, 15) is 4.79 Å². The number of esters is 1. The van der Waals surface area contributed by atoms with Gasteiger partial charge >= 0.3 is 5.97 Å². The normalized spacial score (nSPS) is 18.3. The van der Waals surface area contributed by atoms with Crippen LogP contribution in [0.1, 0.15) is 86.6 Å². The van der Waals surface area contributed by atoms with Crippen LogP contribution in [0.25, 0.3) is 0 Å². The Labute approximate surface area is 192 Å². The summed E-state index contributed by atoms with van der Waals surface area (Å²) in [4.78, 5) is 12.1. The summed E-state index contributed by atoms with van der Waals surface area (Å²) < 4.78 is 11.1. The predicted molar refractivity (Wildman–Crippen MR) is 129 cm³/mol. The minimum atomic E-state index is -0.383. The van der Waals surface area contributed by atoms with E-state index in [1.54, 1.807) is 18.2 Å². The van der Waals surface area contributed by atoms with Crippen LogP contribution in [0.3, 0.4) is 0 Å². The first kappa shape index (κ1) is 24.1. The van der Waals surface area contributed by atoms with Gasteiger partial charge in [-0.2, -0.15) is 0 Å². The molecule has 2 aromatic carbocycles. The molecule has 2 aromatic rings. The number of anilines is 1. The lowest BCUT2D eigenvalue weighted by atomic mass is 9.77. The van der Waals surface area contributed by atoms with Crippen LogP contribution in [0.4, 0.5) is 11.4 Å². The lowest BCUT2D eigenvalue weighted by molar-refractivity contribution is -0.254. The van der Waals surface area contributed by atoms with Gasteiger partial charge in [0.25, 0.3) is 0 Å². The minimum absolute atomic E-state index is 0.305. The summed E-state index contributed by atoms with van der Waals surface area (Å²) in [6.07, 6.45) is 11.5. The molecule has 5 N–H and O–H groups in total. The van der Waals surface area contributed by atoms with Gasteiger partial charge in [-0.15, -0.1) is 0 Å². The monoisotopic (exact) mass is 439 g/mol. The van der Waals surface area contributed by atoms with Gasteiger partial charge in [0.05, 0.1) is 18.8 Å². The standard InChI is InChI=1S/C27H38N2O3/c1-2-3-4-6-20-7-9-21(10-8-20)22-11-13-26(14-12-22)31-15-5-16-32-27(30)23-17-24(28)19-25(29)18-23/h11-14,17-21H,2-10,15-16,28-29H2,1H3/p+1. The molecule has 0 unspecified atom stereocenters. The molecule has 0 atom stereocenters. The molecule has 1 aliphatic rings. The fourth-order valence-corrected chi connectivity index (χ4v) is 4.64. The van der Waals surface area contributed by atoms with E-state index in [0.717, 1.165) is 11.7 Å². The van der Waals surface area contributed by atoms with Gasteiger partial charge in [0.2, 0.25) is 0 Å². The number of hydrogen-bond acceptors (Lipinski definition) is 4. The van der Waals surface area contributed by atoms with Crippen LogP contribution >= 0.6 is 0 Å². The Morgan fingerprint density at radius 1 is 1.00 bits per heavy atom. The van der Waals surface area contributed by atoms with Crippen molar-refractivity contribution in [1.82, 2.24) is 0 Å². The van der Waals surface area contributed by atoms with E-state index in [2.05, 4.69) is 36.9 Å². The second kappa shape index (κ2) is 12.5. The second-order valence-electron chi connectivity index (χ2n) is 9.08. The number of ether oxygens (including phenoxy) is 2. The van der Waals surface area contributed by atoms with E-state index in [0.29, 0.717) is 42.5 Å². The van der Waals surface area contributed by atoms with Crippen molar-refractivity contribution in [2.24, 2.45) is 5.92 Å². The molecule has 5 nitrogen and oxygen atoms in total. The molecule has 0 bridgehead atoms. The molecule has 0 saturated heterocycles. The number of nitrogens with two attached hydrogens (primary N) is 1. The van der Waals surface area contributed by atoms with Gasteiger partial charge in [0.15, 0.2) is 0 Å². The van der Waals surface area contributed by atoms with Gasteiger partial charge in [0.1, 0.15) is 11.4 Å². The Hall–Kier alpha value is -2.53. The van der Waals surface area contributed by atoms with Crippen molar-refractivity contribution in [3.63, 3.8) is 0 Å². The largest absolute Gasteiger partial charge is 0.493 e. The number of rotatable bonds is 11. The van der Waals surface area contributed by atoms with E-state index >= 15 is 0 Å². The van der Waals surface area contributed by atoms with Gasteiger partial charge in [-0.05, 0) is 61.3 Å². The molecule has 0 aliphatic heterocycles. The molecular weight excluding hydrogens is 400 g/mol. The highest BCUT2D eigenvalue weighted by Gasteiger charge is 2.22. The molecule has 3 rings (SSSR count). The lowest BCUT2D eigenvalue weighted by Gasteiger charge is -2.29. The van der Waals surface area contributed by atoms with Crippen LogP contribution in [0.15, 0.2) is 42.5 Å². The Bertz CT molecular complexity index is 822. The smallest absolute Gasteiger partial charge is 0.338 e. The first-order chi connectivity index (χ1) is 15.5. The zero-order valence-electron chi connectivity index (χ0n) is 19.5. The highest BCUT2D eigenvalue weighted by atomic mass is 16.5. The molecule has 32 heavy (non-hydrogen) atoms. The van der Waals surface area contributed by atoms with Crippen molar-refractivity contribution in [2.45, 2.75) is 70.6 Å². The SMILES string of the molecule is CCCCCC1CCC(c2ccc(OCCCOC(=O)c3cc(N)cc([NH3+])c3)cc2)CC1. The molecule has 0 radical (unpaired) electrons.